The second-order valence-corrected chi connectivity index (χ2v) is 5.46. The number of amides is 1. The molecule has 0 radical (unpaired) electrons. The Bertz CT molecular complexity index is 290. The number of piperidine rings is 1. The Kier molecular flexibility index (Phi) is 5.60. The number of likely N-dealkylation sites (tertiary alicyclic amines) is 1. The van der Waals surface area contributed by atoms with Crippen LogP contribution in [0, 0.1) is 5.92 Å². The van der Waals surface area contributed by atoms with Gasteiger partial charge in [-0.05, 0) is 25.8 Å². The summed E-state index contributed by atoms with van der Waals surface area (Å²) in [5, 5.41) is 3.42. The van der Waals surface area contributed by atoms with Gasteiger partial charge in [-0.3, -0.25) is 4.79 Å². The van der Waals surface area contributed by atoms with E-state index < -0.39 is 0 Å². The van der Waals surface area contributed by atoms with Crippen molar-refractivity contribution < 1.29 is 14.3 Å². The van der Waals surface area contributed by atoms with E-state index in [0.717, 1.165) is 38.9 Å². The van der Waals surface area contributed by atoms with Crippen molar-refractivity contribution in [1.82, 2.24) is 10.2 Å². The van der Waals surface area contributed by atoms with E-state index in [0.29, 0.717) is 19.3 Å². The van der Waals surface area contributed by atoms with Crippen LogP contribution < -0.4 is 5.32 Å². The Morgan fingerprint density at radius 1 is 1.37 bits per heavy atom. The van der Waals surface area contributed by atoms with E-state index in [9.17, 15) is 4.79 Å². The van der Waals surface area contributed by atoms with Gasteiger partial charge in [0.25, 0.3) is 0 Å². The lowest BCUT2D eigenvalue weighted by Crippen LogP contribution is -2.49. The zero-order valence-corrected chi connectivity index (χ0v) is 12.1. The molecule has 2 atom stereocenters. The molecular weight excluding hydrogens is 244 g/mol. The Balaban J connectivity index is 1.85. The number of nitrogens with one attached hydrogen (secondary N) is 1. The molecule has 2 rings (SSSR count). The van der Waals surface area contributed by atoms with Gasteiger partial charge in [0.1, 0.15) is 0 Å². The first-order valence-corrected chi connectivity index (χ1v) is 7.39. The minimum Gasteiger partial charge on any atom is -0.381 e. The molecule has 1 N–H and O–H groups in total. The molecule has 19 heavy (non-hydrogen) atoms. The van der Waals surface area contributed by atoms with Crippen LogP contribution in [0.2, 0.25) is 0 Å². The van der Waals surface area contributed by atoms with Gasteiger partial charge in [-0.25, -0.2) is 0 Å². The van der Waals surface area contributed by atoms with Crippen LogP contribution in [0.25, 0.3) is 0 Å². The first-order chi connectivity index (χ1) is 9.26. The van der Waals surface area contributed by atoms with E-state index >= 15 is 0 Å². The molecule has 2 aliphatic heterocycles. The van der Waals surface area contributed by atoms with Crippen LogP contribution in [0.1, 0.15) is 26.2 Å². The summed E-state index contributed by atoms with van der Waals surface area (Å²) in [5.74, 6) is 0.242. The predicted octanol–water partition coefficient (Wildman–Crippen LogP) is 0.638. The third-order valence-corrected chi connectivity index (χ3v) is 4.14. The third kappa shape index (κ3) is 3.68. The van der Waals surface area contributed by atoms with Gasteiger partial charge in [0.15, 0.2) is 0 Å². The normalized spacial score (nSPS) is 28.8. The molecule has 5 nitrogen and oxygen atoms in total. The van der Waals surface area contributed by atoms with Crippen LogP contribution >= 0.6 is 0 Å². The highest BCUT2D eigenvalue weighted by Gasteiger charge is 2.37. The summed E-state index contributed by atoms with van der Waals surface area (Å²) >= 11 is 0. The molecule has 2 fully saturated rings. The fourth-order valence-electron chi connectivity index (χ4n) is 2.87. The number of ether oxygens (including phenoxy) is 2. The van der Waals surface area contributed by atoms with Crippen molar-refractivity contribution in [2.45, 2.75) is 38.3 Å². The van der Waals surface area contributed by atoms with Gasteiger partial charge in [-0.2, -0.15) is 0 Å². The van der Waals surface area contributed by atoms with Crippen LogP contribution in [0.4, 0.5) is 0 Å². The smallest absolute Gasteiger partial charge is 0.229 e. The van der Waals surface area contributed by atoms with Crippen LogP contribution in [0.3, 0.4) is 0 Å². The first kappa shape index (κ1) is 14.8. The van der Waals surface area contributed by atoms with Crippen LogP contribution in [0.5, 0.6) is 0 Å². The summed E-state index contributed by atoms with van der Waals surface area (Å²) in [5.41, 5.74) is 0. The summed E-state index contributed by atoms with van der Waals surface area (Å²) in [6, 6.07) is 0.188. The fraction of sp³-hybridized carbons (Fsp3) is 0.929. The summed E-state index contributed by atoms with van der Waals surface area (Å²) in [4.78, 5) is 14.5. The van der Waals surface area contributed by atoms with Crippen molar-refractivity contribution in [3.05, 3.63) is 0 Å². The van der Waals surface area contributed by atoms with Gasteiger partial charge >= 0.3 is 0 Å². The highest BCUT2D eigenvalue weighted by atomic mass is 16.5. The molecule has 0 bridgehead atoms. The monoisotopic (exact) mass is 270 g/mol. The molecule has 2 saturated heterocycles. The number of hydrogen-bond acceptors (Lipinski definition) is 4. The van der Waals surface area contributed by atoms with Gasteiger partial charge in [-0.1, -0.05) is 6.92 Å². The van der Waals surface area contributed by atoms with E-state index in [2.05, 4.69) is 12.2 Å². The average molecular weight is 270 g/mol. The zero-order valence-electron chi connectivity index (χ0n) is 12.1. The fourth-order valence-corrected chi connectivity index (χ4v) is 2.87. The third-order valence-electron chi connectivity index (χ3n) is 4.14. The van der Waals surface area contributed by atoms with Gasteiger partial charge in [0.05, 0.1) is 25.2 Å². The predicted molar refractivity (Wildman–Crippen MR) is 73.0 cm³/mol. The number of carbonyl (C=O) groups excluding carboxylic acids is 1. The van der Waals surface area contributed by atoms with Gasteiger partial charge < -0.3 is 19.7 Å². The molecule has 0 aromatic rings. The number of hydrogen-bond donors (Lipinski definition) is 1. The second kappa shape index (κ2) is 7.22. The molecule has 0 aromatic heterocycles. The number of nitrogens with zero attached hydrogens (tertiary/aromatic N) is 1. The number of methoxy groups -OCH3 is 1. The van der Waals surface area contributed by atoms with E-state index in [1.807, 2.05) is 4.90 Å². The van der Waals surface area contributed by atoms with E-state index in [4.69, 9.17) is 9.47 Å². The van der Waals surface area contributed by atoms with Crippen LogP contribution in [-0.2, 0) is 14.3 Å². The van der Waals surface area contributed by atoms with Crippen molar-refractivity contribution in [2.75, 3.05) is 40.0 Å². The van der Waals surface area contributed by atoms with Gasteiger partial charge in [-0.15, -0.1) is 0 Å². The van der Waals surface area contributed by atoms with Crippen LogP contribution in [-0.4, -0.2) is 62.9 Å². The van der Waals surface area contributed by atoms with E-state index in [-0.39, 0.29) is 17.9 Å². The van der Waals surface area contributed by atoms with Crippen molar-refractivity contribution in [3.8, 4) is 0 Å². The number of carbonyl (C=O) groups is 1. The highest BCUT2D eigenvalue weighted by Crippen LogP contribution is 2.20. The molecule has 2 unspecified atom stereocenters. The zero-order chi connectivity index (χ0) is 13.7. The first-order valence-electron chi connectivity index (χ1n) is 7.39. The topological polar surface area (TPSA) is 50.8 Å². The van der Waals surface area contributed by atoms with Crippen molar-refractivity contribution in [1.29, 1.82) is 0 Å². The maximum Gasteiger partial charge on any atom is 0.229 e. The van der Waals surface area contributed by atoms with Crippen molar-refractivity contribution >= 4 is 5.91 Å². The summed E-state index contributed by atoms with van der Waals surface area (Å²) in [6.45, 7) is 5.93. The molecule has 0 aliphatic carbocycles. The molecular formula is C14H26N2O3. The van der Waals surface area contributed by atoms with Gasteiger partial charge in [0.2, 0.25) is 5.91 Å². The van der Waals surface area contributed by atoms with E-state index in [1.165, 1.54) is 0 Å². The maximum absolute atomic E-state index is 12.5. The van der Waals surface area contributed by atoms with Crippen LogP contribution in [0.15, 0.2) is 0 Å². The van der Waals surface area contributed by atoms with Crippen molar-refractivity contribution in [3.63, 3.8) is 0 Å². The Hall–Kier alpha value is -0.650. The quantitative estimate of drug-likeness (QED) is 0.796. The summed E-state index contributed by atoms with van der Waals surface area (Å²) in [7, 11) is 1.75. The standard InChI is InChI=1S/C14H26N2O3/c1-3-6-15-13-10-19-9-12(13)14(17)16-7-4-11(18-2)5-8-16/h11-13,15H,3-10H2,1-2H3. The molecule has 2 heterocycles. The molecule has 0 spiro atoms. The SMILES string of the molecule is CCCNC1COCC1C(=O)N1CCC(OC)CC1. The van der Waals surface area contributed by atoms with Gasteiger partial charge in [0, 0.05) is 26.2 Å². The largest absolute Gasteiger partial charge is 0.381 e. The lowest BCUT2D eigenvalue weighted by molar-refractivity contribution is -0.138. The molecule has 5 heteroatoms. The second-order valence-electron chi connectivity index (χ2n) is 5.46. The van der Waals surface area contributed by atoms with Crippen molar-refractivity contribution in [2.24, 2.45) is 5.92 Å². The Morgan fingerprint density at radius 3 is 2.74 bits per heavy atom. The summed E-state index contributed by atoms with van der Waals surface area (Å²) in [6.07, 6.45) is 3.29. The molecule has 1 amide bonds. The minimum absolute atomic E-state index is 0.00866. The Labute approximate surface area is 115 Å². The molecule has 2 aliphatic rings. The minimum atomic E-state index is -0.00866. The molecule has 110 valence electrons. The lowest BCUT2D eigenvalue weighted by Gasteiger charge is -2.33. The molecule has 0 aromatic carbocycles. The Morgan fingerprint density at radius 2 is 2.11 bits per heavy atom. The van der Waals surface area contributed by atoms with E-state index in [1.54, 1.807) is 7.11 Å². The highest BCUT2D eigenvalue weighted by molar-refractivity contribution is 5.80. The summed E-state index contributed by atoms with van der Waals surface area (Å²) < 4.78 is 10.8. The maximum atomic E-state index is 12.5. The lowest BCUT2D eigenvalue weighted by atomic mass is 9.99. The average Bonchev–Trinajstić information content (AvgIpc) is 2.92. The number of rotatable bonds is 5. The molecule has 0 saturated carbocycles.